The molecule has 0 radical (unpaired) electrons. The lowest BCUT2D eigenvalue weighted by Gasteiger charge is -2.17. The summed E-state index contributed by atoms with van der Waals surface area (Å²) in [6.45, 7) is 2.47. The van der Waals surface area contributed by atoms with Crippen LogP contribution in [0.1, 0.15) is 13.3 Å². The number of nitro groups is 1. The number of pyridine rings is 1. The van der Waals surface area contributed by atoms with E-state index in [2.05, 4.69) is 26.2 Å². The third kappa shape index (κ3) is 3.64. The van der Waals surface area contributed by atoms with Gasteiger partial charge in [-0.1, -0.05) is 6.92 Å². The molecular formula is C10H14BrN3O3. The number of nitrogens with zero attached hydrogens (tertiary/aromatic N) is 2. The average Bonchev–Trinajstić information content (AvgIpc) is 2.30. The number of rotatable bonds is 6. The van der Waals surface area contributed by atoms with E-state index in [1.54, 1.807) is 7.11 Å². The molecule has 7 heteroatoms. The predicted molar refractivity (Wildman–Crippen MR) is 68.2 cm³/mol. The first-order valence-corrected chi connectivity index (χ1v) is 5.92. The van der Waals surface area contributed by atoms with Crippen molar-refractivity contribution in [3.8, 4) is 0 Å². The number of anilines is 1. The van der Waals surface area contributed by atoms with Gasteiger partial charge in [-0.25, -0.2) is 0 Å². The van der Waals surface area contributed by atoms with E-state index < -0.39 is 4.92 Å². The zero-order valence-electron chi connectivity index (χ0n) is 9.64. The van der Waals surface area contributed by atoms with Gasteiger partial charge in [0.05, 0.1) is 16.0 Å². The number of halogens is 1. The molecule has 1 aromatic heterocycles. The molecule has 94 valence electrons. The first-order valence-electron chi connectivity index (χ1n) is 5.13. The smallest absolute Gasteiger partial charge is 0.311 e. The van der Waals surface area contributed by atoms with Crippen LogP contribution in [0.15, 0.2) is 16.9 Å². The minimum atomic E-state index is -0.459. The van der Waals surface area contributed by atoms with E-state index in [0.29, 0.717) is 16.8 Å². The van der Waals surface area contributed by atoms with Crippen molar-refractivity contribution in [2.24, 2.45) is 0 Å². The fourth-order valence-corrected chi connectivity index (χ4v) is 1.81. The van der Waals surface area contributed by atoms with Crippen molar-refractivity contribution in [2.75, 3.05) is 19.0 Å². The van der Waals surface area contributed by atoms with Gasteiger partial charge in [0, 0.05) is 19.3 Å². The highest BCUT2D eigenvalue weighted by Gasteiger charge is 2.19. The normalized spacial score (nSPS) is 12.2. The lowest BCUT2D eigenvalue weighted by atomic mass is 10.2. The molecule has 0 amide bonds. The largest absolute Gasteiger partial charge is 0.383 e. The summed E-state index contributed by atoms with van der Waals surface area (Å²) < 4.78 is 5.61. The molecule has 0 aromatic carbocycles. The molecule has 0 saturated carbocycles. The van der Waals surface area contributed by atoms with E-state index in [1.807, 2.05) is 6.92 Å². The van der Waals surface area contributed by atoms with Gasteiger partial charge in [0.1, 0.15) is 11.9 Å². The fraction of sp³-hybridized carbons (Fsp3) is 0.500. The minimum Gasteiger partial charge on any atom is -0.383 e. The van der Waals surface area contributed by atoms with Crippen LogP contribution in [0.25, 0.3) is 0 Å². The summed E-state index contributed by atoms with van der Waals surface area (Å²) in [6.07, 6.45) is 3.56. The maximum atomic E-state index is 10.9. The van der Waals surface area contributed by atoms with Crippen LogP contribution in [0.4, 0.5) is 11.4 Å². The first kappa shape index (κ1) is 13.9. The van der Waals surface area contributed by atoms with Crippen LogP contribution in [-0.4, -0.2) is 29.7 Å². The molecule has 1 unspecified atom stereocenters. The molecule has 1 atom stereocenters. The van der Waals surface area contributed by atoms with E-state index in [1.165, 1.54) is 12.4 Å². The van der Waals surface area contributed by atoms with Crippen LogP contribution in [0.2, 0.25) is 0 Å². The summed E-state index contributed by atoms with van der Waals surface area (Å²) in [5.74, 6) is 0. The van der Waals surface area contributed by atoms with Crippen molar-refractivity contribution in [2.45, 2.75) is 19.4 Å². The van der Waals surface area contributed by atoms with Gasteiger partial charge >= 0.3 is 5.69 Å². The Morgan fingerprint density at radius 1 is 1.65 bits per heavy atom. The molecule has 17 heavy (non-hydrogen) atoms. The number of aromatic nitrogens is 1. The number of hydrogen-bond donors (Lipinski definition) is 1. The highest BCUT2D eigenvalue weighted by molar-refractivity contribution is 9.10. The van der Waals surface area contributed by atoms with Gasteiger partial charge in [-0.2, -0.15) is 0 Å². The van der Waals surface area contributed by atoms with Crippen LogP contribution in [0.3, 0.4) is 0 Å². The molecule has 0 bridgehead atoms. The number of ether oxygens (including phenoxy) is 1. The number of nitrogens with one attached hydrogen (secondary N) is 1. The van der Waals surface area contributed by atoms with Crippen LogP contribution >= 0.6 is 15.9 Å². The third-order valence-corrected chi connectivity index (χ3v) is 2.89. The highest BCUT2D eigenvalue weighted by Crippen LogP contribution is 2.31. The molecule has 6 nitrogen and oxygen atoms in total. The zero-order valence-corrected chi connectivity index (χ0v) is 11.2. The van der Waals surface area contributed by atoms with E-state index in [-0.39, 0.29) is 11.7 Å². The highest BCUT2D eigenvalue weighted by atomic mass is 79.9. The van der Waals surface area contributed by atoms with E-state index >= 15 is 0 Å². The topological polar surface area (TPSA) is 77.3 Å². The molecule has 0 fully saturated rings. The zero-order chi connectivity index (χ0) is 12.8. The van der Waals surface area contributed by atoms with Crippen LogP contribution in [0.5, 0.6) is 0 Å². The Balaban J connectivity index is 2.99. The summed E-state index contributed by atoms with van der Waals surface area (Å²) in [5, 5.41) is 14.0. The lowest BCUT2D eigenvalue weighted by Crippen LogP contribution is -2.24. The molecule has 1 N–H and O–H groups in total. The Bertz CT molecular complexity index is 400. The van der Waals surface area contributed by atoms with Crippen LogP contribution in [0, 0.1) is 10.1 Å². The molecule has 1 heterocycles. The number of hydrogen-bond acceptors (Lipinski definition) is 5. The second-order valence-corrected chi connectivity index (χ2v) is 4.33. The standard InChI is InChI=1S/C10H14BrN3O3/c1-3-7(6-17-2)13-10-8(11)4-12-5-9(10)14(15)16/h4-5,7H,3,6H2,1-2H3,(H,12,13). The third-order valence-electron chi connectivity index (χ3n) is 2.29. The van der Waals surface area contributed by atoms with Crippen molar-refractivity contribution in [1.82, 2.24) is 4.98 Å². The van der Waals surface area contributed by atoms with Gasteiger partial charge in [0.25, 0.3) is 0 Å². The van der Waals surface area contributed by atoms with Gasteiger partial charge in [0.15, 0.2) is 0 Å². The Labute approximate surface area is 108 Å². The van der Waals surface area contributed by atoms with E-state index in [9.17, 15) is 10.1 Å². The fourth-order valence-electron chi connectivity index (χ4n) is 1.37. The second-order valence-electron chi connectivity index (χ2n) is 3.48. The monoisotopic (exact) mass is 303 g/mol. The SMILES string of the molecule is CCC(COC)Nc1c(Br)cncc1[N+](=O)[O-]. The van der Waals surface area contributed by atoms with Crippen molar-refractivity contribution in [3.63, 3.8) is 0 Å². The van der Waals surface area contributed by atoms with Gasteiger partial charge in [-0.05, 0) is 22.4 Å². The molecule has 1 aromatic rings. The summed E-state index contributed by atoms with van der Waals surface area (Å²) in [5.41, 5.74) is 0.392. The lowest BCUT2D eigenvalue weighted by molar-refractivity contribution is -0.384. The molecule has 0 spiro atoms. The van der Waals surface area contributed by atoms with Crippen molar-refractivity contribution < 1.29 is 9.66 Å². The molecule has 0 aliphatic rings. The maximum absolute atomic E-state index is 10.9. The first-order chi connectivity index (χ1) is 8.10. The van der Waals surface area contributed by atoms with Crippen LogP contribution in [-0.2, 0) is 4.74 Å². The molecule has 0 saturated heterocycles. The quantitative estimate of drug-likeness (QED) is 0.645. The van der Waals surface area contributed by atoms with Crippen LogP contribution < -0.4 is 5.32 Å². The summed E-state index contributed by atoms with van der Waals surface area (Å²) >= 11 is 3.25. The summed E-state index contributed by atoms with van der Waals surface area (Å²) in [6, 6.07) is 0.0254. The predicted octanol–water partition coefficient (Wildman–Crippen LogP) is 2.59. The molecule has 0 aliphatic carbocycles. The van der Waals surface area contributed by atoms with Gasteiger partial charge < -0.3 is 10.1 Å². The van der Waals surface area contributed by atoms with E-state index in [4.69, 9.17) is 4.74 Å². The molecule has 0 aliphatic heterocycles. The molecular weight excluding hydrogens is 290 g/mol. The second kappa shape index (κ2) is 6.51. The van der Waals surface area contributed by atoms with Gasteiger partial charge in [0.2, 0.25) is 0 Å². The van der Waals surface area contributed by atoms with Crippen molar-refractivity contribution >= 4 is 27.3 Å². The molecule has 1 rings (SSSR count). The van der Waals surface area contributed by atoms with E-state index in [0.717, 1.165) is 6.42 Å². The minimum absolute atomic E-state index is 0.0254. The Morgan fingerprint density at radius 2 is 2.35 bits per heavy atom. The maximum Gasteiger partial charge on any atom is 0.311 e. The average molecular weight is 304 g/mol. The van der Waals surface area contributed by atoms with Gasteiger partial charge in [-0.15, -0.1) is 0 Å². The van der Waals surface area contributed by atoms with Gasteiger partial charge in [-0.3, -0.25) is 15.1 Å². The Kier molecular flexibility index (Phi) is 5.30. The Morgan fingerprint density at radius 3 is 2.88 bits per heavy atom. The van der Waals surface area contributed by atoms with Crippen molar-refractivity contribution in [1.29, 1.82) is 0 Å². The Hall–Kier alpha value is -1.21. The summed E-state index contributed by atoms with van der Waals surface area (Å²) in [7, 11) is 1.60. The van der Waals surface area contributed by atoms with Crippen molar-refractivity contribution in [3.05, 3.63) is 27.0 Å². The number of methoxy groups -OCH3 is 1. The summed E-state index contributed by atoms with van der Waals surface area (Å²) in [4.78, 5) is 14.2.